The average molecular weight is 222 g/mol. The molecule has 0 aromatic carbocycles. The van der Waals surface area contributed by atoms with Crippen LogP contribution < -0.4 is 10.1 Å². The van der Waals surface area contributed by atoms with Crippen molar-refractivity contribution < 1.29 is 9.47 Å². The summed E-state index contributed by atoms with van der Waals surface area (Å²) in [6.45, 7) is 6.46. The van der Waals surface area contributed by atoms with Gasteiger partial charge in [0.15, 0.2) is 0 Å². The average Bonchev–Trinajstić information content (AvgIpc) is 2.22. The zero-order chi connectivity index (χ0) is 11.4. The highest BCUT2D eigenvalue weighted by atomic mass is 16.6. The lowest BCUT2D eigenvalue weighted by Gasteiger charge is -2.26. The second-order valence-corrected chi connectivity index (χ2v) is 4.32. The van der Waals surface area contributed by atoms with Crippen LogP contribution in [0.5, 0.6) is 5.88 Å². The second-order valence-electron chi connectivity index (χ2n) is 4.32. The fraction of sp³-hybridized carbons (Fsp3) is 0.583. The number of ether oxygens (including phenoxy) is 2. The smallest absolute Gasteiger partial charge is 0.213 e. The molecule has 1 N–H and O–H groups in total. The summed E-state index contributed by atoms with van der Waals surface area (Å²) in [6.07, 6.45) is 2.04. The molecular formula is C12H18N2O2. The van der Waals surface area contributed by atoms with E-state index in [1.54, 1.807) is 0 Å². The van der Waals surface area contributed by atoms with Crippen LogP contribution in [-0.4, -0.2) is 30.3 Å². The van der Waals surface area contributed by atoms with Gasteiger partial charge in [0.05, 0.1) is 13.2 Å². The number of nitrogens with one attached hydrogen (secondary N) is 1. The summed E-state index contributed by atoms with van der Waals surface area (Å²) in [5.74, 6) is 0.682. The molecule has 1 aliphatic rings. The molecule has 1 fully saturated rings. The molecule has 0 bridgehead atoms. The molecule has 0 unspecified atom stereocenters. The van der Waals surface area contributed by atoms with E-state index in [2.05, 4.69) is 24.1 Å². The van der Waals surface area contributed by atoms with Gasteiger partial charge in [-0.25, -0.2) is 4.98 Å². The Hall–Kier alpha value is -1.13. The molecule has 0 atom stereocenters. The Morgan fingerprint density at radius 3 is 2.81 bits per heavy atom. The minimum atomic E-state index is 0.187. The largest absolute Gasteiger partial charge is 0.469 e. The number of rotatable bonds is 5. The van der Waals surface area contributed by atoms with Crippen molar-refractivity contribution in [3.05, 3.63) is 23.9 Å². The quantitative estimate of drug-likeness (QED) is 0.817. The molecule has 2 rings (SSSR count). The van der Waals surface area contributed by atoms with Crippen LogP contribution in [0.4, 0.5) is 0 Å². The van der Waals surface area contributed by atoms with Crippen molar-refractivity contribution in [1.82, 2.24) is 10.3 Å². The van der Waals surface area contributed by atoms with E-state index in [-0.39, 0.29) is 6.10 Å². The van der Waals surface area contributed by atoms with Crippen molar-refractivity contribution in [2.75, 3.05) is 13.2 Å². The third-order valence-electron chi connectivity index (χ3n) is 2.41. The Balaban J connectivity index is 1.83. The van der Waals surface area contributed by atoms with Crippen molar-refractivity contribution in [2.24, 2.45) is 0 Å². The molecule has 1 aromatic rings. The van der Waals surface area contributed by atoms with Crippen LogP contribution in [0.15, 0.2) is 18.3 Å². The van der Waals surface area contributed by atoms with Gasteiger partial charge in [0.1, 0.15) is 6.10 Å². The van der Waals surface area contributed by atoms with Crippen LogP contribution >= 0.6 is 0 Å². The standard InChI is InChI=1S/C12H18N2O2/c1-9(2)13-5-10-3-4-12(14-6-10)16-11-7-15-8-11/h3-4,6,9,11,13H,5,7-8H2,1-2H3. The van der Waals surface area contributed by atoms with Crippen LogP contribution in [0.1, 0.15) is 19.4 Å². The minimum Gasteiger partial charge on any atom is -0.469 e. The van der Waals surface area contributed by atoms with Crippen LogP contribution in [0.2, 0.25) is 0 Å². The van der Waals surface area contributed by atoms with E-state index in [0.717, 1.165) is 6.54 Å². The van der Waals surface area contributed by atoms with Gasteiger partial charge in [0.25, 0.3) is 0 Å². The Bertz CT molecular complexity index is 320. The lowest BCUT2D eigenvalue weighted by atomic mass is 10.2. The third kappa shape index (κ3) is 3.18. The number of nitrogens with zero attached hydrogens (tertiary/aromatic N) is 1. The number of hydrogen-bond donors (Lipinski definition) is 1. The minimum absolute atomic E-state index is 0.187. The number of pyridine rings is 1. The van der Waals surface area contributed by atoms with E-state index in [1.807, 2.05) is 18.3 Å². The molecule has 0 aliphatic carbocycles. The summed E-state index contributed by atoms with van der Waals surface area (Å²) in [6, 6.07) is 4.44. The van der Waals surface area contributed by atoms with Gasteiger partial charge in [0.2, 0.25) is 5.88 Å². The van der Waals surface area contributed by atoms with Crippen LogP contribution in [0.3, 0.4) is 0 Å². The van der Waals surface area contributed by atoms with E-state index >= 15 is 0 Å². The van der Waals surface area contributed by atoms with Gasteiger partial charge in [-0.3, -0.25) is 0 Å². The molecule has 88 valence electrons. The molecule has 4 heteroatoms. The first-order chi connectivity index (χ1) is 7.74. The van der Waals surface area contributed by atoms with Crippen molar-refractivity contribution in [2.45, 2.75) is 32.5 Å². The molecular weight excluding hydrogens is 204 g/mol. The SMILES string of the molecule is CC(C)NCc1ccc(OC2COC2)nc1. The Morgan fingerprint density at radius 2 is 2.31 bits per heavy atom. The topological polar surface area (TPSA) is 43.4 Å². The zero-order valence-electron chi connectivity index (χ0n) is 9.77. The van der Waals surface area contributed by atoms with Crippen LogP contribution in [-0.2, 0) is 11.3 Å². The van der Waals surface area contributed by atoms with E-state index in [4.69, 9.17) is 9.47 Å². The Kier molecular flexibility index (Phi) is 3.74. The highest BCUT2D eigenvalue weighted by Crippen LogP contribution is 2.13. The Labute approximate surface area is 96.0 Å². The molecule has 0 spiro atoms. The highest BCUT2D eigenvalue weighted by Gasteiger charge is 2.20. The monoisotopic (exact) mass is 222 g/mol. The molecule has 1 aromatic heterocycles. The molecule has 4 nitrogen and oxygen atoms in total. The molecule has 0 saturated carbocycles. The molecule has 0 amide bonds. The Morgan fingerprint density at radius 1 is 1.50 bits per heavy atom. The summed E-state index contributed by atoms with van der Waals surface area (Å²) in [5.41, 5.74) is 1.17. The van der Waals surface area contributed by atoms with Gasteiger partial charge in [-0.2, -0.15) is 0 Å². The van der Waals surface area contributed by atoms with E-state index < -0.39 is 0 Å². The number of hydrogen-bond acceptors (Lipinski definition) is 4. The van der Waals surface area contributed by atoms with Gasteiger partial charge < -0.3 is 14.8 Å². The van der Waals surface area contributed by atoms with Gasteiger partial charge in [-0.1, -0.05) is 19.9 Å². The van der Waals surface area contributed by atoms with Crippen molar-refractivity contribution in [1.29, 1.82) is 0 Å². The first kappa shape index (κ1) is 11.4. The van der Waals surface area contributed by atoms with Crippen LogP contribution in [0, 0.1) is 0 Å². The zero-order valence-corrected chi connectivity index (χ0v) is 9.77. The summed E-state index contributed by atoms with van der Waals surface area (Å²) in [4.78, 5) is 4.26. The normalized spacial score (nSPS) is 16.2. The van der Waals surface area contributed by atoms with E-state index in [9.17, 15) is 0 Å². The maximum absolute atomic E-state index is 5.57. The van der Waals surface area contributed by atoms with Gasteiger partial charge in [0, 0.05) is 24.8 Å². The fourth-order valence-corrected chi connectivity index (χ4v) is 1.36. The first-order valence-corrected chi connectivity index (χ1v) is 5.67. The predicted octanol–water partition coefficient (Wildman–Crippen LogP) is 1.36. The third-order valence-corrected chi connectivity index (χ3v) is 2.41. The van der Waals surface area contributed by atoms with Gasteiger partial charge in [-0.05, 0) is 5.56 Å². The molecule has 1 aliphatic heterocycles. The molecule has 0 radical (unpaired) electrons. The van der Waals surface area contributed by atoms with Gasteiger partial charge in [-0.15, -0.1) is 0 Å². The first-order valence-electron chi connectivity index (χ1n) is 5.67. The second kappa shape index (κ2) is 5.27. The molecule has 1 saturated heterocycles. The molecule has 16 heavy (non-hydrogen) atoms. The van der Waals surface area contributed by atoms with E-state index in [1.165, 1.54) is 5.56 Å². The van der Waals surface area contributed by atoms with Crippen LogP contribution in [0.25, 0.3) is 0 Å². The number of aromatic nitrogens is 1. The summed E-state index contributed by atoms with van der Waals surface area (Å²) >= 11 is 0. The van der Waals surface area contributed by atoms with Crippen molar-refractivity contribution >= 4 is 0 Å². The summed E-state index contributed by atoms with van der Waals surface area (Å²) in [7, 11) is 0. The fourth-order valence-electron chi connectivity index (χ4n) is 1.36. The summed E-state index contributed by atoms with van der Waals surface area (Å²) in [5, 5.41) is 3.34. The summed E-state index contributed by atoms with van der Waals surface area (Å²) < 4.78 is 10.6. The lowest BCUT2D eigenvalue weighted by Crippen LogP contribution is -2.38. The van der Waals surface area contributed by atoms with E-state index in [0.29, 0.717) is 25.1 Å². The maximum Gasteiger partial charge on any atom is 0.213 e. The van der Waals surface area contributed by atoms with Crippen molar-refractivity contribution in [3.63, 3.8) is 0 Å². The highest BCUT2D eigenvalue weighted by molar-refractivity contribution is 5.18. The molecule has 2 heterocycles. The maximum atomic E-state index is 5.57. The predicted molar refractivity (Wildman–Crippen MR) is 61.4 cm³/mol. The van der Waals surface area contributed by atoms with Crippen molar-refractivity contribution in [3.8, 4) is 5.88 Å². The van der Waals surface area contributed by atoms with Gasteiger partial charge >= 0.3 is 0 Å². The lowest BCUT2D eigenvalue weighted by molar-refractivity contribution is -0.0813.